The molecule has 1 aromatic rings. The van der Waals surface area contributed by atoms with Gasteiger partial charge in [0.1, 0.15) is 5.75 Å². The van der Waals surface area contributed by atoms with Gasteiger partial charge in [0, 0.05) is 12.3 Å². The Balaban J connectivity index is 1.72. The fraction of sp³-hybridized carbons (Fsp3) is 0.533. The fourth-order valence-electron chi connectivity index (χ4n) is 2.31. The average Bonchev–Trinajstić information content (AvgIpc) is 2.48. The molecule has 0 aromatic heterocycles. The third-order valence-electron chi connectivity index (χ3n) is 3.55. The minimum Gasteiger partial charge on any atom is -0.493 e. The van der Waals surface area contributed by atoms with E-state index in [2.05, 4.69) is 10.6 Å². The van der Waals surface area contributed by atoms with Crippen molar-refractivity contribution in [2.24, 2.45) is 0 Å². The summed E-state index contributed by atoms with van der Waals surface area (Å²) < 4.78 is 28.1. The Kier molecular flexibility index (Phi) is 5.79. The number of piperidine rings is 1. The maximum Gasteiger partial charge on any atom is 0.223 e. The highest BCUT2D eigenvalue weighted by Gasteiger charge is 2.15. The second-order valence-corrected chi connectivity index (χ2v) is 7.45. The monoisotopic (exact) mass is 326 g/mol. The van der Waals surface area contributed by atoms with Crippen molar-refractivity contribution >= 4 is 15.7 Å². The van der Waals surface area contributed by atoms with Crippen LogP contribution in [0.5, 0.6) is 5.75 Å². The third kappa shape index (κ3) is 5.31. The maximum absolute atomic E-state index is 11.8. The van der Waals surface area contributed by atoms with Crippen LogP contribution in [-0.2, 0) is 14.6 Å². The van der Waals surface area contributed by atoms with Crippen LogP contribution in [0, 0.1) is 0 Å². The van der Waals surface area contributed by atoms with Crippen molar-refractivity contribution in [2.75, 3.05) is 26.0 Å². The van der Waals surface area contributed by atoms with Gasteiger partial charge in [-0.1, -0.05) is 0 Å². The molecule has 0 aliphatic carbocycles. The van der Waals surface area contributed by atoms with Crippen molar-refractivity contribution in [1.82, 2.24) is 10.6 Å². The first-order valence-corrected chi connectivity index (χ1v) is 9.27. The van der Waals surface area contributed by atoms with Gasteiger partial charge in [-0.3, -0.25) is 4.79 Å². The van der Waals surface area contributed by atoms with Gasteiger partial charge in [-0.15, -0.1) is 0 Å². The maximum atomic E-state index is 11.8. The molecule has 1 amide bonds. The largest absolute Gasteiger partial charge is 0.493 e. The molecule has 0 atom stereocenters. The first-order valence-electron chi connectivity index (χ1n) is 7.38. The van der Waals surface area contributed by atoms with Gasteiger partial charge in [0.25, 0.3) is 0 Å². The molecule has 22 heavy (non-hydrogen) atoms. The molecular formula is C15H22N2O4S. The van der Waals surface area contributed by atoms with E-state index in [1.165, 1.54) is 12.1 Å². The summed E-state index contributed by atoms with van der Waals surface area (Å²) in [4.78, 5) is 12.0. The number of ether oxygens (including phenoxy) is 1. The molecule has 0 bridgehead atoms. The molecule has 7 heteroatoms. The highest BCUT2D eigenvalue weighted by Crippen LogP contribution is 2.15. The summed E-state index contributed by atoms with van der Waals surface area (Å²) in [6, 6.07) is 6.45. The van der Waals surface area contributed by atoms with E-state index in [-0.39, 0.29) is 29.9 Å². The summed E-state index contributed by atoms with van der Waals surface area (Å²) in [6.07, 6.45) is 3.37. The van der Waals surface area contributed by atoms with Gasteiger partial charge in [0.2, 0.25) is 5.91 Å². The highest BCUT2D eigenvalue weighted by atomic mass is 32.2. The number of amides is 1. The SMILES string of the molecule is CS(=O)(=O)c1ccc(OCCC(=O)NC2CCNCC2)cc1. The van der Waals surface area contributed by atoms with Crippen LogP contribution in [0.3, 0.4) is 0 Å². The van der Waals surface area contributed by atoms with Crippen molar-refractivity contribution < 1.29 is 17.9 Å². The number of rotatable bonds is 6. The zero-order valence-electron chi connectivity index (χ0n) is 12.7. The molecule has 1 heterocycles. The quantitative estimate of drug-likeness (QED) is 0.805. The number of benzene rings is 1. The Hall–Kier alpha value is -1.60. The number of sulfone groups is 1. The molecule has 2 N–H and O–H groups in total. The van der Waals surface area contributed by atoms with Crippen molar-refractivity contribution in [3.8, 4) is 5.75 Å². The van der Waals surface area contributed by atoms with Gasteiger partial charge in [-0.05, 0) is 50.2 Å². The van der Waals surface area contributed by atoms with Crippen LogP contribution in [0.4, 0.5) is 0 Å². The smallest absolute Gasteiger partial charge is 0.223 e. The average molecular weight is 326 g/mol. The number of hydrogen-bond donors (Lipinski definition) is 2. The van der Waals surface area contributed by atoms with Gasteiger partial charge >= 0.3 is 0 Å². The Bertz CT molecular complexity index is 592. The molecular weight excluding hydrogens is 304 g/mol. The highest BCUT2D eigenvalue weighted by molar-refractivity contribution is 7.90. The van der Waals surface area contributed by atoms with E-state index in [0.29, 0.717) is 5.75 Å². The van der Waals surface area contributed by atoms with Gasteiger partial charge in [-0.25, -0.2) is 8.42 Å². The van der Waals surface area contributed by atoms with E-state index in [0.717, 1.165) is 32.2 Å². The van der Waals surface area contributed by atoms with E-state index in [1.807, 2.05) is 0 Å². The topological polar surface area (TPSA) is 84.5 Å². The molecule has 1 saturated heterocycles. The summed E-state index contributed by atoms with van der Waals surface area (Å²) in [7, 11) is -3.19. The van der Waals surface area contributed by atoms with Gasteiger partial charge in [0.15, 0.2) is 9.84 Å². The summed E-state index contributed by atoms with van der Waals surface area (Å²) in [5.74, 6) is 0.543. The standard InChI is InChI=1S/C15H22N2O4S/c1-22(19,20)14-4-2-13(3-5-14)21-11-8-15(18)17-12-6-9-16-10-7-12/h2-5,12,16H,6-11H2,1H3,(H,17,18). The Morgan fingerprint density at radius 2 is 1.91 bits per heavy atom. The van der Waals surface area contributed by atoms with Crippen LogP contribution in [0.1, 0.15) is 19.3 Å². The fourth-order valence-corrected chi connectivity index (χ4v) is 2.94. The molecule has 6 nitrogen and oxygen atoms in total. The molecule has 2 rings (SSSR count). The lowest BCUT2D eigenvalue weighted by Crippen LogP contribution is -2.43. The van der Waals surface area contributed by atoms with Gasteiger partial charge < -0.3 is 15.4 Å². The lowest BCUT2D eigenvalue weighted by atomic mass is 10.1. The zero-order chi connectivity index (χ0) is 16.0. The van der Waals surface area contributed by atoms with Crippen LogP contribution in [0.25, 0.3) is 0 Å². The van der Waals surface area contributed by atoms with Crippen molar-refractivity contribution in [2.45, 2.75) is 30.2 Å². The normalized spacial score (nSPS) is 16.2. The van der Waals surface area contributed by atoms with Gasteiger partial charge in [0.05, 0.1) is 17.9 Å². The number of carbonyl (C=O) groups is 1. The molecule has 1 fully saturated rings. The van der Waals surface area contributed by atoms with E-state index >= 15 is 0 Å². The summed E-state index contributed by atoms with van der Waals surface area (Å²) >= 11 is 0. The van der Waals surface area contributed by atoms with Crippen LogP contribution in [0.15, 0.2) is 29.2 Å². The Morgan fingerprint density at radius 3 is 2.50 bits per heavy atom. The molecule has 1 aliphatic heterocycles. The predicted octanol–water partition coefficient (Wildman–Crippen LogP) is 0.727. The summed E-state index contributed by atoms with van der Waals surface area (Å²) in [6.45, 7) is 2.15. The summed E-state index contributed by atoms with van der Waals surface area (Å²) in [5, 5.41) is 6.24. The second-order valence-electron chi connectivity index (χ2n) is 5.43. The van der Waals surface area contributed by atoms with E-state index in [9.17, 15) is 13.2 Å². The minimum absolute atomic E-state index is 0.0142. The first-order chi connectivity index (χ1) is 10.4. The second kappa shape index (κ2) is 7.60. The predicted molar refractivity (Wildman–Crippen MR) is 83.7 cm³/mol. The van der Waals surface area contributed by atoms with Crippen molar-refractivity contribution in [1.29, 1.82) is 0 Å². The molecule has 122 valence electrons. The van der Waals surface area contributed by atoms with E-state index in [4.69, 9.17) is 4.74 Å². The minimum atomic E-state index is -3.19. The number of carbonyl (C=O) groups excluding carboxylic acids is 1. The third-order valence-corrected chi connectivity index (χ3v) is 4.68. The lowest BCUT2D eigenvalue weighted by Gasteiger charge is -2.23. The zero-order valence-corrected chi connectivity index (χ0v) is 13.5. The van der Waals surface area contributed by atoms with E-state index < -0.39 is 9.84 Å². The molecule has 1 aliphatic rings. The molecule has 1 aromatic carbocycles. The van der Waals surface area contributed by atoms with Crippen LogP contribution in [-0.4, -0.2) is 46.3 Å². The Labute approximate surface area is 131 Å². The van der Waals surface area contributed by atoms with E-state index in [1.54, 1.807) is 12.1 Å². The molecule has 0 radical (unpaired) electrons. The first kappa shape index (κ1) is 16.8. The van der Waals surface area contributed by atoms with Crippen LogP contribution in [0.2, 0.25) is 0 Å². The lowest BCUT2D eigenvalue weighted by molar-refractivity contribution is -0.122. The Morgan fingerprint density at radius 1 is 1.27 bits per heavy atom. The van der Waals surface area contributed by atoms with Crippen molar-refractivity contribution in [3.05, 3.63) is 24.3 Å². The van der Waals surface area contributed by atoms with Gasteiger partial charge in [-0.2, -0.15) is 0 Å². The summed E-state index contributed by atoms with van der Waals surface area (Å²) in [5.41, 5.74) is 0. The number of hydrogen-bond acceptors (Lipinski definition) is 5. The number of nitrogens with one attached hydrogen (secondary N) is 2. The van der Waals surface area contributed by atoms with Crippen LogP contribution >= 0.6 is 0 Å². The molecule has 0 unspecified atom stereocenters. The molecule has 0 saturated carbocycles. The molecule has 0 spiro atoms. The van der Waals surface area contributed by atoms with Crippen molar-refractivity contribution in [3.63, 3.8) is 0 Å². The van der Waals surface area contributed by atoms with Crippen LogP contribution < -0.4 is 15.4 Å².